The van der Waals surface area contributed by atoms with Gasteiger partial charge in [0.15, 0.2) is 16.7 Å². The van der Waals surface area contributed by atoms with Crippen molar-refractivity contribution in [2.24, 2.45) is 0 Å². The second-order valence-corrected chi connectivity index (χ2v) is 8.29. The predicted molar refractivity (Wildman–Crippen MR) is 125 cm³/mol. The summed E-state index contributed by atoms with van der Waals surface area (Å²) in [5.74, 6) is 0.939. The first-order valence-electron chi connectivity index (χ1n) is 10.0. The molecule has 0 spiro atoms. The number of furan rings is 1. The molecular formula is C23H23N3O5S. The molecule has 0 aliphatic rings. The van der Waals surface area contributed by atoms with Crippen LogP contribution in [-0.2, 0) is 4.79 Å². The van der Waals surface area contributed by atoms with Crippen molar-refractivity contribution in [2.75, 3.05) is 25.3 Å². The van der Waals surface area contributed by atoms with Crippen molar-refractivity contribution in [3.63, 3.8) is 0 Å². The molecule has 166 valence electrons. The van der Waals surface area contributed by atoms with Crippen LogP contribution in [-0.4, -0.2) is 35.4 Å². The van der Waals surface area contributed by atoms with E-state index in [9.17, 15) is 9.59 Å². The lowest BCUT2D eigenvalue weighted by molar-refractivity contribution is -0.113. The SMILES string of the molecule is COc1ccc(NC(=O)CSc2nc3c(oc4ccccc43)c(=O)n2C(C)C)cc1OC. The van der Waals surface area contributed by atoms with Gasteiger partial charge in [0.2, 0.25) is 11.5 Å². The van der Waals surface area contributed by atoms with E-state index >= 15 is 0 Å². The normalized spacial score (nSPS) is 11.3. The highest BCUT2D eigenvalue weighted by atomic mass is 32.2. The maximum atomic E-state index is 13.1. The lowest BCUT2D eigenvalue weighted by Crippen LogP contribution is -2.25. The first-order chi connectivity index (χ1) is 15.4. The minimum Gasteiger partial charge on any atom is -0.493 e. The molecular weight excluding hydrogens is 430 g/mol. The summed E-state index contributed by atoms with van der Waals surface area (Å²) >= 11 is 1.20. The molecule has 0 aliphatic heterocycles. The Morgan fingerprint density at radius 2 is 1.91 bits per heavy atom. The molecule has 2 heterocycles. The molecule has 1 N–H and O–H groups in total. The average molecular weight is 454 g/mol. The van der Waals surface area contributed by atoms with E-state index in [1.165, 1.54) is 18.9 Å². The number of amides is 1. The standard InChI is InChI=1S/C23H23N3O5S/c1-13(2)26-22(28)21-20(15-7-5-6-8-16(15)31-21)25-23(26)32-12-19(27)24-14-9-10-17(29-3)18(11-14)30-4/h5-11,13H,12H2,1-4H3,(H,24,27). The Kier molecular flexibility index (Phi) is 6.09. The van der Waals surface area contributed by atoms with Crippen LogP contribution in [0.2, 0.25) is 0 Å². The minimum absolute atomic E-state index is 0.0782. The fourth-order valence-corrected chi connectivity index (χ4v) is 4.35. The number of fused-ring (bicyclic) bond motifs is 3. The molecule has 2 aromatic heterocycles. The number of hydrogen-bond acceptors (Lipinski definition) is 7. The Morgan fingerprint density at radius 1 is 1.16 bits per heavy atom. The molecule has 0 saturated carbocycles. The quantitative estimate of drug-likeness (QED) is 0.326. The third kappa shape index (κ3) is 4.03. The van der Waals surface area contributed by atoms with Gasteiger partial charge in [-0.3, -0.25) is 14.2 Å². The lowest BCUT2D eigenvalue weighted by Gasteiger charge is -2.15. The summed E-state index contributed by atoms with van der Waals surface area (Å²) in [6.45, 7) is 3.79. The van der Waals surface area contributed by atoms with Crippen molar-refractivity contribution in [1.82, 2.24) is 9.55 Å². The fraction of sp³-hybridized carbons (Fsp3) is 0.261. The van der Waals surface area contributed by atoms with E-state index in [0.29, 0.717) is 33.4 Å². The van der Waals surface area contributed by atoms with Gasteiger partial charge >= 0.3 is 0 Å². The highest BCUT2D eigenvalue weighted by molar-refractivity contribution is 7.99. The number of anilines is 1. The van der Waals surface area contributed by atoms with Gasteiger partial charge in [0.1, 0.15) is 11.1 Å². The number of ether oxygens (including phenoxy) is 2. The van der Waals surface area contributed by atoms with Gasteiger partial charge in [0.05, 0.1) is 20.0 Å². The van der Waals surface area contributed by atoms with Gasteiger partial charge in [-0.05, 0) is 38.1 Å². The van der Waals surface area contributed by atoms with Crippen LogP contribution in [0, 0.1) is 0 Å². The van der Waals surface area contributed by atoms with Crippen molar-refractivity contribution in [2.45, 2.75) is 25.0 Å². The predicted octanol–water partition coefficient (Wildman–Crippen LogP) is 4.47. The number of carbonyl (C=O) groups is 1. The highest BCUT2D eigenvalue weighted by Crippen LogP contribution is 2.31. The number of aromatic nitrogens is 2. The van der Waals surface area contributed by atoms with Gasteiger partial charge in [-0.15, -0.1) is 0 Å². The highest BCUT2D eigenvalue weighted by Gasteiger charge is 2.20. The zero-order valence-electron chi connectivity index (χ0n) is 18.2. The van der Waals surface area contributed by atoms with Crippen LogP contribution in [0.3, 0.4) is 0 Å². The number of thioether (sulfide) groups is 1. The maximum absolute atomic E-state index is 13.1. The van der Waals surface area contributed by atoms with E-state index in [-0.39, 0.29) is 28.8 Å². The van der Waals surface area contributed by atoms with E-state index in [2.05, 4.69) is 5.32 Å². The first-order valence-corrected chi connectivity index (χ1v) is 11.0. The van der Waals surface area contributed by atoms with Gasteiger partial charge < -0.3 is 19.2 Å². The summed E-state index contributed by atoms with van der Waals surface area (Å²) in [6.07, 6.45) is 0. The Labute approximate surface area is 188 Å². The van der Waals surface area contributed by atoms with Crippen LogP contribution < -0.4 is 20.3 Å². The van der Waals surface area contributed by atoms with E-state index in [4.69, 9.17) is 18.9 Å². The molecule has 1 amide bonds. The molecule has 8 nitrogen and oxygen atoms in total. The minimum atomic E-state index is -0.260. The lowest BCUT2D eigenvalue weighted by atomic mass is 10.2. The molecule has 4 rings (SSSR count). The summed E-state index contributed by atoms with van der Waals surface area (Å²) in [7, 11) is 3.08. The molecule has 9 heteroatoms. The Morgan fingerprint density at radius 3 is 2.62 bits per heavy atom. The molecule has 4 aromatic rings. The number of para-hydroxylation sites is 1. The summed E-state index contributed by atoms with van der Waals surface area (Å²) in [5, 5.41) is 4.07. The van der Waals surface area contributed by atoms with Crippen LogP contribution >= 0.6 is 11.8 Å². The Balaban J connectivity index is 1.61. The molecule has 0 saturated heterocycles. The smallest absolute Gasteiger partial charge is 0.298 e. The third-order valence-corrected chi connectivity index (χ3v) is 5.86. The van der Waals surface area contributed by atoms with Crippen molar-refractivity contribution in [3.05, 3.63) is 52.8 Å². The third-order valence-electron chi connectivity index (χ3n) is 4.91. The van der Waals surface area contributed by atoms with Gasteiger partial charge in [0.25, 0.3) is 5.56 Å². The number of benzene rings is 2. The number of hydrogen-bond donors (Lipinski definition) is 1. The van der Waals surface area contributed by atoms with Crippen molar-refractivity contribution in [3.8, 4) is 11.5 Å². The van der Waals surface area contributed by atoms with E-state index in [1.54, 1.807) is 35.9 Å². The second kappa shape index (κ2) is 8.96. The number of nitrogens with one attached hydrogen (secondary N) is 1. The van der Waals surface area contributed by atoms with Crippen LogP contribution in [0.25, 0.3) is 22.1 Å². The zero-order valence-corrected chi connectivity index (χ0v) is 19.0. The molecule has 0 fully saturated rings. The Bertz CT molecular complexity index is 1360. The summed E-state index contributed by atoms with van der Waals surface area (Å²) < 4.78 is 17.8. The molecule has 2 aromatic carbocycles. The van der Waals surface area contributed by atoms with Crippen molar-refractivity contribution >= 4 is 45.4 Å². The van der Waals surface area contributed by atoms with E-state index in [0.717, 1.165) is 5.39 Å². The topological polar surface area (TPSA) is 95.6 Å². The summed E-state index contributed by atoms with van der Waals surface area (Å²) in [4.78, 5) is 30.4. The van der Waals surface area contributed by atoms with Crippen LogP contribution in [0.15, 0.2) is 56.8 Å². The van der Waals surface area contributed by atoms with Crippen LogP contribution in [0.1, 0.15) is 19.9 Å². The van der Waals surface area contributed by atoms with Crippen LogP contribution in [0.5, 0.6) is 11.5 Å². The Hall–Kier alpha value is -3.46. The number of methoxy groups -OCH3 is 2. The van der Waals surface area contributed by atoms with Gasteiger partial charge in [0, 0.05) is 23.2 Å². The molecule has 0 aliphatic carbocycles. The molecule has 0 unspecified atom stereocenters. The average Bonchev–Trinajstić information content (AvgIpc) is 3.16. The summed E-state index contributed by atoms with van der Waals surface area (Å²) in [6, 6.07) is 12.4. The monoisotopic (exact) mass is 453 g/mol. The fourth-order valence-electron chi connectivity index (χ4n) is 3.43. The number of carbonyl (C=O) groups excluding carboxylic acids is 1. The molecule has 0 radical (unpaired) electrons. The summed E-state index contributed by atoms with van der Waals surface area (Å²) in [5.41, 5.74) is 1.66. The maximum Gasteiger partial charge on any atom is 0.298 e. The molecule has 0 bridgehead atoms. The van der Waals surface area contributed by atoms with Gasteiger partial charge in [-0.2, -0.15) is 0 Å². The van der Waals surface area contributed by atoms with Crippen LogP contribution in [0.4, 0.5) is 5.69 Å². The van der Waals surface area contributed by atoms with E-state index in [1.807, 2.05) is 32.0 Å². The van der Waals surface area contributed by atoms with Gasteiger partial charge in [-0.1, -0.05) is 23.9 Å². The second-order valence-electron chi connectivity index (χ2n) is 7.35. The van der Waals surface area contributed by atoms with Crippen molar-refractivity contribution < 1.29 is 18.7 Å². The number of nitrogens with zero attached hydrogens (tertiary/aromatic N) is 2. The van der Waals surface area contributed by atoms with Gasteiger partial charge in [-0.25, -0.2) is 4.98 Å². The molecule has 32 heavy (non-hydrogen) atoms. The van der Waals surface area contributed by atoms with E-state index < -0.39 is 0 Å². The largest absolute Gasteiger partial charge is 0.493 e. The number of rotatable bonds is 7. The first kappa shape index (κ1) is 21.8. The van der Waals surface area contributed by atoms with Crippen molar-refractivity contribution in [1.29, 1.82) is 0 Å². The molecule has 0 atom stereocenters. The zero-order chi connectivity index (χ0) is 22.8.